The van der Waals surface area contributed by atoms with Crippen LogP contribution in [-0.4, -0.2) is 0 Å². The van der Waals surface area contributed by atoms with Gasteiger partial charge in [0.25, 0.3) is 0 Å². The molecule has 94 valence electrons. The molecule has 0 N–H and O–H groups in total. The van der Waals surface area contributed by atoms with E-state index in [-0.39, 0.29) is 10.6 Å². The van der Waals surface area contributed by atoms with Crippen molar-refractivity contribution < 1.29 is 4.39 Å². The highest BCUT2D eigenvalue weighted by atomic mass is 79.9. The maximum atomic E-state index is 14.1. The SMILES string of the molecule is Cc1ccc(C(Br)c2cccc(Br)c2F)c(C)c1. The number of aryl methyl sites for hydroxylation is 2. The summed E-state index contributed by atoms with van der Waals surface area (Å²) in [6.07, 6.45) is 0. The summed E-state index contributed by atoms with van der Waals surface area (Å²) in [6, 6.07) is 11.6. The molecule has 18 heavy (non-hydrogen) atoms. The number of alkyl halides is 1. The Morgan fingerprint density at radius 3 is 2.44 bits per heavy atom. The van der Waals surface area contributed by atoms with Crippen LogP contribution in [0.3, 0.4) is 0 Å². The predicted molar refractivity (Wildman–Crippen MR) is 80.8 cm³/mol. The van der Waals surface area contributed by atoms with Crippen LogP contribution in [0.25, 0.3) is 0 Å². The first-order valence-electron chi connectivity index (χ1n) is 5.66. The van der Waals surface area contributed by atoms with Crippen LogP contribution >= 0.6 is 31.9 Å². The van der Waals surface area contributed by atoms with Crippen LogP contribution in [0, 0.1) is 19.7 Å². The predicted octanol–water partition coefficient (Wildman–Crippen LogP) is 5.69. The quantitative estimate of drug-likeness (QED) is 0.595. The van der Waals surface area contributed by atoms with Gasteiger partial charge in [-0.3, -0.25) is 0 Å². The average molecular weight is 372 g/mol. The van der Waals surface area contributed by atoms with E-state index in [1.807, 2.05) is 25.1 Å². The molecule has 0 aliphatic rings. The Balaban J connectivity index is 2.48. The fourth-order valence-corrected chi connectivity index (χ4v) is 3.24. The van der Waals surface area contributed by atoms with Gasteiger partial charge in [0, 0.05) is 5.56 Å². The average Bonchev–Trinajstić information content (AvgIpc) is 2.32. The zero-order valence-corrected chi connectivity index (χ0v) is 13.3. The summed E-state index contributed by atoms with van der Waals surface area (Å²) in [4.78, 5) is -0.129. The molecule has 0 saturated carbocycles. The second kappa shape index (κ2) is 5.54. The van der Waals surface area contributed by atoms with Gasteiger partial charge in [0.1, 0.15) is 5.82 Å². The van der Waals surface area contributed by atoms with Gasteiger partial charge in [-0.25, -0.2) is 4.39 Å². The standard InChI is InChI=1S/C15H13Br2F/c1-9-6-7-11(10(2)8-9)14(17)12-4-3-5-13(16)15(12)18/h3-8,14H,1-2H3. The molecule has 3 heteroatoms. The topological polar surface area (TPSA) is 0 Å². The normalized spacial score (nSPS) is 12.5. The summed E-state index contributed by atoms with van der Waals surface area (Å²) in [5.41, 5.74) is 4.12. The number of hydrogen-bond donors (Lipinski definition) is 0. The van der Waals surface area contributed by atoms with Gasteiger partial charge in [-0.05, 0) is 47.0 Å². The highest BCUT2D eigenvalue weighted by molar-refractivity contribution is 9.10. The van der Waals surface area contributed by atoms with Gasteiger partial charge in [-0.15, -0.1) is 0 Å². The van der Waals surface area contributed by atoms with Crippen molar-refractivity contribution in [3.63, 3.8) is 0 Å². The molecule has 0 fully saturated rings. The number of rotatable bonds is 2. The highest BCUT2D eigenvalue weighted by Crippen LogP contribution is 2.36. The Morgan fingerprint density at radius 1 is 1.06 bits per heavy atom. The summed E-state index contributed by atoms with van der Waals surface area (Å²) in [5.74, 6) is -0.209. The zero-order valence-electron chi connectivity index (χ0n) is 10.2. The zero-order chi connectivity index (χ0) is 13.3. The maximum absolute atomic E-state index is 14.1. The molecule has 0 nitrogen and oxygen atoms in total. The summed E-state index contributed by atoms with van der Waals surface area (Å²) < 4.78 is 14.6. The molecule has 0 amide bonds. The summed E-state index contributed by atoms with van der Waals surface area (Å²) >= 11 is 6.81. The first kappa shape index (κ1) is 13.8. The van der Waals surface area contributed by atoms with Gasteiger partial charge in [0.15, 0.2) is 0 Å². The van der Waals surface area contributed by atoms with Crippen molar-refractivity contribution in [2.45, 2.75) is 18.7 Å². The van der Waals surface area contributed by atoms with E-state index < -0.39 is 0 Å². The monoisotopic (exact) mass is 370 g/mol. The van der Waals surface area contributed by atoms with Crippen molar-refractivity contribution >= 4 is 31.9 Å². The lowest BCUT2D eigenvalue weighted by molar-refractivity contribution is 0.607. The smallest absolute Gasteiger partial charge is 0.142 e. The Bertz CT molecular complexity index is 579. The molecular weight excluding hydrogens is 359 g/mol. The molecule has 2 rings (SSSR count). The van der Waals surface area contributed by atoms with Crippen LogP contribution in [0.4, 0.5) is 4.39 Å². The van der Waals surface area contributed by atoms with Gasteiger partial charge in [-0.1, -0.05) is 51.8 Å². The Kier molecular flexibility index (Phi) is 4.23. The molecule has 1 unspecified atom stereocenters. The minimum Gasteiger partial charge on any atom is -0.205 e. The van der Waals surface area contributed by atoms with E-state index in [0.717, 1.165) is 11.1 Å². The molecule has 0 saturated heterocycles. The minimum atomic E-state index is -0.209. The molecule has 2 aromatic carbocycles. The van der Waals surface area contributed by atoms with Crippen molar-refractivity contribution in [1.29, 1.82) is 0 Å². The van der Waals surface area contributed by atoms with E-state index in [9.17, 15) is 4.39 Å². The van der Waals surface area contributed by atoms with Crippen LogP contribution in [0.5, 0.6) is 0 Å². The largest absolute Gasteiger partial charge is 0.205 e. The van der Waals surface area contributed by atoms with Crippen molar-refractivity contribution in [2.24, 2.45) is 0 Å². The lowest BCUT2D eigenvalue weighted by atomic mass is 9.98. The first-order chi connectivity index (χ1) is 8.50. The van der Waals surface area contributed by atoms with Gasteiger partial charge in [0.05, 0.1) is 9.30 Å². The Hall–Kier alpha value is -0.670. The second-order valence-corrected chi connectivity index (χ2v) is 6.14. The molecule has 2 aromatic rings. The van der Waals surface area contributed by atoms with E-state index in [1.54, 1.807) is 12.1 Å². The van der Waals surface area contributed by atoms with Gasteiger partial charge in [0.2, 0.25) is 0 Å². The lowest BCUT2D eigenvalue weighted by Crippen LogP contribution is -1.99. The van der Waals surface area contributed by atoms with Crippen molar-refractivity contribution in [3.05, 3.63) is 68.9 Å². The minimum absolute atomic E-state index is 0.129. The van der Waals surface area contributed by atoms with E-state index in [1.165, 1.54) is 5.56 Å². The van der Waals surface area contributed by atoms with Crippen LogP contribution in [0.15, 0.2) is 40.9 Å². The van der Waals surface area contributed by atoms with Crippen LogP contribution in [-0.2, 0) is 0 Å². The molecule has 0 aliphatic heterocycles. The maximum Gasteiger partial charge on any atom is 0.142 e. The number of benzene rings is 2. The third-order valence-corrected chi connectivity index (χ3v) is 4.55. The highest BCUT2D eigenvalue weighted by Gasteiger charge is 2.17. The molecular formula is C15H13Br2F. The molecule has 0 aromatic heterocycles. The molecule has 0 radical (unpaired) electrons. The molecule has 0 aliphatic carbocycles. The van der Waals surface area contributed by atoms with E-state index in [0.29, 0.717) is 10.0 Å². The fourth-order valence-electron chi connectivity index (χ4n) is 1.99. The van der Waals surface area contributed by atoms with Gasteiger partial charge in [-0.2, -0.15) is 0 Å². The van der Waals surface area contributed by atoms with Crippen LogP contribution in [0.2, 0.25) is 0 Å². The van der Waals surface area contributed by atoms with Crippen molar-refractivity contribution in [1.82, 2.24) is 0 Å². The molecule has 0 heterocycles. The van der Waals surface area contributed by atoms with Crippen LogP contribution in [0.1, 0.15) is 27.1 Å². The Morgan fingerprint density at radius 2 is 1.78 bits per heavy atom. The first-order valence-corrected chi connectivity index (χ1v) is 7.36. The van der Waals surface area contributed by atoms with E-state index >= 15 is 0 Å². The second-order valence-electron chi connectivity index (χ2n) is 4.37. The van der Waals surface area contributed by atoms with Crippen molar-refractivity contribution in [2.75, 3.05) is 0 Å². The summed E-state index contributed by atoms with van der Waals surface area (Å²) in [5, 5.41) is 0. The third kappa shape index (κ3) is 2.67. The van der Waals surface area contributed by atoms with E-state index in [4.69, 9.17) is 0 Å². The fraction of sp³-hybridized carbons (Fsp3) is 0.200. The Labute approximate surface area is 123 Å². The number of hydrogen-bond acceptors (Lipinski definition) is 0. The van der Waals surface area contributed by atoms with Crippen LogP contribution < -0.4 is 0 Å². The molecule has 0 spiro atoms. The van der Waals surface area contributed by atoms with Gasteiger partial charge >= 0.3 is 0 Å². The van der Waals surface area contributed by atoms with Crippen molar-refractivity contribution in [3.8, 4) is 0 Å². The van der Waals surface area contributed by atoms with Gasteiger partial charge < -0.3 is 0 Å². The van der Waals surface area contributed by atoms with E-state index in [2.05, 4.69) is 44.8 Å². The lowest BCUT2D eigenvalue weighted by Gasteiger charge is -2.15. The summed E-state index contributed by atoms with van der Waals surface area (Å²) in [7, 11) is 0. The molecule has 1 atom stereocenters. The summed E-state index contributed by atoms with van der Waals surface area (Å²) in [6.45, 7) is 4.10. The number of halogens is 3. The molecule has 0 bridgehead atoms. The third-order valence-electron chi connectivity index (χ3n) is 2.95.